The molecule has 6 heteroatoms. The second-order valence-electron chi connectivity index (χ2n) is 9.01. The van der Waals surface area contributed by atoms with Gasteiger partial charge in [0.25, 0.3) is 5.91 Å². The van der Waals surface area contributed by atoms with Crippen molar-refractivity contribution in [2.24, 2.45) is 7.05 Å². The standard InChI is InChI=1S/C28H30N4O2/c1-31-15-4-5-23(31)19-32(16-14-22-18-29-26-7-3-2-6-24(22)26)27-12-10-21-17-20(8-11-25(21)27)9-13-28(33)30-34/h2-9,11,13,15,17-18,27,29,34H,10,12,14,16,19H2,1H3,(H,30,33)/t27-/m0/s1. The number of carbonyl (C=O) groups is 1. The number of aromatic nitrogens is 2. The van der Waals surface area contributed by atoms with Crippen LogP contribution in [0.2, 0.25) is 0 Å². The van der Waals surface area contributed by atoms with Crippen molar-refractivity contribution < 1.29 is 10.0 Å². The van der Waals surface area contributed by atoms with Gasteiger partial charge < -0.3 is 9.55 Å². The van der Waals surface area contributed by atoms with E-state index in [-0.39, 0.29) is 0 Å². The monoisotopic (exact) mass is 454 g/mol. The van der Waals surface area contributed by atoms with Crippen LogP contribution in [0.4, 0.5) is 0 Å². The molecule has 0 saturated heterocycles. The average Bonchev–Trinajstić information content (AvgIpc) is 3.58. The largest absolute Gasteiger partial charge is 0.361 e. The summed E-state index contributed by atoms with van der Waals surface area (Å²) in [4.78, 5) is 17.3. The van der Waals surface area contributed by atoms with E-state index >= 15 is 0 Å². The second kappa shape index (κ2) is 9.71. The van der Waals surface area contributed by atoms with Crippen molar-refractivity contribution in [1.29, 1.82) is 0 Å². The normalized spacial score (nSPS) is 15.4. The van der Waals surface area contributed by atoms with Crippen molar-refractivity contribution in [3.8, 4) is 0 Å². The van der Waals surface area contributed by atoms with Gasteiger partial charge in [0.05, 0.1) is 0 Å². The Labute approximate surface area is 199 Å². The highest BCUT2D eigenvalue weighted by molar-refractivity contribution is 5.90. The van der Waals surface area contributed by atoms with E-state index in [4.69, 9.17) is 5.21 Å². The number of para-hydroxylation sites is 1. The quantitative estimate of drug-likeness (QED) is 0.204. The minimum absolute atomic E-state index is 0.355. The number of hydrogen-bond acceptors (Lipinski definition) is 3. The Morgan fingerprint density at radius 3 is 2.94 bits per heavy atom. The minimum Gasteiger partial charge on any atom is -0.361 e. The van der Waals surface area contributed by atoms with Crippen LogP contribution >= 0.6 is 0 Å². The third kappa shape index (κ3) is 4.55. The van der Waals surface area contributed by atoms with Gasteiger partial charge in [0.15, 0.2) is 0 Å². The summed E-state index contributed by atoms with van der Waals surface area (Å²) in [6, 6.07) is 19.6. The van der Waals surface area contributed by atoms with Gasteiger partial charge in [-0.3, -0.25) is 14.9 Å². The molecule has 0 unspecified atom stereocenters. The zero-order valence-electron chi connectivity index (χ0n) is 19.4. The third-order valence-electron chi connectivity index (χ3n) is 6.95. The molecule has 3 N–H and O–H groups in total. The van der Waals surface area contributed by atoms with Gasteiger partial charge in [-0.1, -0.05) is 36.4 Å². The summed E-state index contributed by atoms with van der Waals surface area (Å²) >= 11 is 0. The molecule has 4 aromatic rings. The second-order valence-corrected chi connectivity index (χ2v) is 9.01. The van der Waals surface area contributed by atoms with Crippen LogP contribution in [0.5, 0.6) is 0 Å². The summed E-state index contributed by atoms with van der Waals surface area (Å²) in [5.74, 6) is -0.524. The fourth-order valence-electron chi connectivity index (χ4n) is 5.12. The molecular formula is C28H30N4O2. The molecule has 2 heterocycles. The van der Waals surface area contributed by atoms with Crippen molar-refractivity contribution >= 4 is 22.9 Å². The average molecular weight is 455 g/mol. The van der Waals surface area contributed by atoms with E-state index in [1.807, 2.05) is 0 Å². The Morgan fingerprint density at radius 1 is 1.24 bits per heavy atom. The molecule has 34 heavy (non-hydrogen) atoms. The summed E-state index contributed by atoms with van der Waals surface area (Å²) in [6.45, 7) is 1.86. The minimum atomic E-state index is -0.524. The van der Waals surface area contributed by atoms with Crippen molar-refractivity contribution in [3.05, 3.63) is 101 Å². The molecule has 1 amide bonds. The number of benzene rings is 2. The number of nitrogens with one attached hydrogen (secondary N) is 2. The Kier molecular flexibility index (Phi) is 6.34. The van der Waals surface area contributed by atoms with Crippen LogP contribution in [0, 0.1) is 0 Å². The van der Waals surface area contributed by atoms with Crippen molar-refractivity contribution in [1.82, 2.24) is 19.9 Å². The van der Waals surface area contributed by atoms with Crippen LogP contribution < -0.4 is 5.48 Å². The maximum atomic E-state index is 11.3. The number of fused-ring (bicyclic) bond motifs is 2. The molecule has 0 fully saturated rings. The molecule has 1 aliphatic rings. The first-order chi connectivity index (χ1) is 16.6. The van der Waals surface area contributed by atoms with Crippen LogP contribution in [0.1, 0.15) is 40.4 Å². The smallest absolute Gasteiger partial charge is 0.267 e. The van der Waals surface area contributed by atoms with E-state index in [1.165, 1.54) is 39.4 Å². The number of aromatic amines is 1. The zero-order valence-corrected chi connectivity index (χ0v) is 19.4. The number of nitrogens with zero attached hydrogens (tertiary/aromatic N) is 2. The number of rotatable bonds is 8. The molecule has 1 atom stereocenters. The molecule has 1 aliphatic carbocycles. The van der Waals surface area contributed by atoms with Crippen LogP contribution in [-0.2, 0) is 31.2 Å². The summed E-state index contributed by atoms with van der Waals surface area (Å²) in [5, 5.41) is 10.0. The lowest BCUT2D eigenvalue weighted by atomic mass is 10.0. The number of H-pyrrole nitrogens is 1. The molecule has 0 aliphatic heterocycles. The van der Waals surface area contributed by atoms with E-state index in [1.54, 1.807) is 11.6 Å². The highest BCUT2D eigenvalue weighted by Crippen LogP contribution is 2.37. The van der Waals surface area contributed by atoms with Gasteiger partial charge in [0.1, 0.15) is 0 Å². The van der Waals surface area contributed by atoms with E-state index in [2.05, 4.69) is 88.5 Å². The molecule has 0 spiro atoms. The number of hydroxylamine groups is 1. The Morgan fingerprint density at radius 2 is 2.12 bits per heavy atom. The van der Waals surface area contributed by atoms with Crippen LogP contribution in [0.3, 0.4) is 0 Å². The van der Waals surface area contributed by atoms with Gasteiger partial charge >= 0.3 is 0 Å². The maximum absolute atomic E-state index is 11.3. The lowest BCUT2D eigenvalue weighted by Crippen LogP contribution is -2.30. The van der Waals surface area contributed by atoms with Gasteiger partial charge in [-0.05, 0) is 65.8 Å². The predicted molar refractivity (Wildman–Crippen MR) is 134 cm³/mol. The van der Waals surface area contributed by atoms with Gasteiger partial charge in [-0.15, -0.1) is 0 Å². The van der Waals surface area contributed by atoms with E-state index in [9.17, 15) is 4.79 Å². The number of hydrogen-bond donors (Lipinski definition) is 3. The van der Waals surface area contributed by atoms with Gasteiger partial charge in [-0.25, -0.2) is 5.48 Å². The summed E-state index contributed by atoms with van der Waals surface area (Å²) in [7, 11) is 2.11. The zero-order chi connectivity index (χ0) is 23.5. The molecule has 6 nitrogen and oxygen atoms in total. The molecule has 0 saturated carbocycles. The Bertz CT molecular complexity index is 1330. The molecule has 2 aromatic carbocycles. The molecular weight excluding hydrogens is 424 g/mol. The van der Waals surface area contributed by atoms with Gasteiger partial charge in [-0.2, -0.15) is 0 Å². The van der Waals surface area contributed by atoms with Crippen molar-refractivity contribution in [2.75, 3.05) is 6.54 Å². The van der Waals surface area contributed by atoms with Crippen LogP contribution in [0.25, 0.3) is 17.0 Å². The highest BCUT2D eigenvalue weighted by atomic mass is 16.5. The number of carbonyl (C=O) groups excluding carboxylic acids is 1. The SMILES string of the molecule is Cn1cccc1CN(CCc1c[nH]c2ccccc12)[C@H]1CCc2cc(C=CC(=O)NO)ccc21. The van der Waals surface area contributed by atoms with E-state index in [0.717, 1.165) is 37.9 Å². The maximum Gasteiger partial charge on any atom is 0.267 e. The van der Waals surface area contributed by atoms with Crippen LogP contribution in [-0.4, -0.2) is 32.1 Å². The predicted octanol–water partition coefficient (Wildman–Crippen LogP) is 4.76. The fraction of sp³-hybridized carbons (Fsp3) is 0.250. The summed E-state index contributed by atoms with van der Waals surface area (Å²) in [5.41, 5.74) is 9.16. The topological polar surface area (TPSA) is 73.3 Å². The molecule has 2 aromatic heterocycles. The Balaban J connectivity index is 1.39. The van der Waals surface area contributed by atoms with Crippen molar-refractivity contribution in [2.45, 2.75) is 31.8 Å². The molecule has 0 bridgehead atoms. The summed E-state index contributed by atoms with van der Waals surface area (Å²) < 4.78 is 2.20. The fourth-order valence-corrected chi connectivity index (χ4v) is 5.12. The molecule has 174 valence electrons. The lowest BCUT2D eigenvalue weighted by Gasteiger charge is -2.30. The van der Waals surface area contributed by atoms with Crippen molar-refractivity contribution in [3.63, 3.8) is 0 Å². The molecule has 5 rings (SSSR count). The number of amides is 1. The first-order valence-corrected chi connectivity index (χ1v) is 11.8. The molecule has 0 radical (unpaired) electrons. The Hall–Kier alpha value is -3.61. The first-order valence-electron chi connectivity index (χ1n) is 11.8. The lowest BCUT2D eigenvalue weighted by molar-refractivity contribution is -0.124. The van der Waals surface area contributed by atoms with Gasteiger partial charge in [0.2, 0.25) is 0 Å². The highest BCUT2D eigenvalue weighted by Gasteiger charge is 2.28. The number of aryl methyl sites for hydroxylation is 2. The van der Waals surface area contributed by atoms with E-state index < -0.39 is 5.91 Å². The van der Waals surface area contributed by atoms with Crippen LogP contribution in [0.15, 0.2) is 73.1 Å². The summed E-state index contributed by atoms with van der Waals surface area (Å²) in [6.07, 6.45) is 10.4. The van der Waals surface area contributed by atoms with E-state index in [0.29, 0.717) is 6.04 Å². The third-order valence-corrected chi connectivity index (χ3v) is 6.95. The van der Waals surface area contributed by atoms with Gasteiger partial charge in [0, 0.05) is 61.2 Å². The first kappa shape index (κ1) is 22.2.